The van der Waals surface area contributed by atoms with Crippen molar-refractivity contribution in [3.63, 3.8) is 0 Å². The summed E-state index contributed by atoms with van der Waals surface area (Å²) in [5, 5.41) is 8.32. The van der Waals surface area contributed by atoms with E-state index in [-0.39, 0.29) is 18.0 Å². The van der Waals surface area contributed by atoms with Crippen LogP contribution >= 0.6 is 0 Å². The number of carbonyl (C=O) groups is 2. The minimum Gasteiger partial charge on any atom is -0.495 e. The highest BCUT2D eigenvalue weighted by atomic mass is 16.5. The average Bonchev–Trinajstić information content (AvgIpc) is 3.02. The molecular weight excluding hydrogens is 308 g/mol. The predicted molar refractivity (Wildman–Crippen MR) is 93.7 cm³/mol. The van der Waals surface area contributed by atoms with Crippen LogP contribution in [-0.4, -0.2) is 56.2 Å². The number of methoxy groups -OCH3 is 1. The Morgan fingerprint density at radius 1 is 1.33 bits per heavy atom. The van der Waals surface area contributed by atoms with Crippen molar-refractivity contribution in [3.8, 4) is 5.75 Å². The Hall–Kier alpha value is -2.28. The SMILES string of the molecule is CNC(=O)c1ccc(OC)c(NC(=O)NC2CCN(C(C)C)C2)c1. The molecule has 3 N–H and O–H groups in total. The molecule has 1 heterocycles. The van der Waals surface area contributed by atoms with Gasteiger partial charge in [-0.3, -0.25) is 9.69 Å². The number of benzene rings is 1. The molecule has 1 fully saturated rings. The molecule has 0 spiro atoms. The quantitative estimate of drug-likeness (QED) is 0.765. The number of hydrogen-bond acceptors (Lipinski definition) is 4. The molecule has 0 saturated carbocycles. The summed E-state index contributed by atoms with van der Waals surface area (Å²) in [4.78, 5) is 26.3. The first-order valence-corrected chi connectivity index (χ1v) is 8.16. The average molecular weight is 334 g/mol. The fourth-order valence-corrected chi connectivity index (χ4v) is 2.81. The van der Waals surface area contributed by atoms with E-state index in [0.717, 1.165) is 19.5 Å². The van der Waals surface area contributed by atoms with E-state index in [1.807, 2.05) is 0 Å². The third kappa shape index (κ3) is 4.38. The van der Waals surface area contributed by atoms with E-state index in [2.05, 4.69) is 34.7 Å². The molecule has 1 aromatic carbocycles. The van der Waals surface area contributed by atoms with Crippen LogP contribution in [0.3, 0.4) is 0 Å². The standard InChI is InChI=1S/C17H26N4O3/c1-11(2)21-8-7-13(10-21)19-17(23)20-14-9-12(16(22)18-3)5-6-15(14)24-4/h5-6,9,11,13H,7-8,10H2,1-4H3,(H,18,22)(H2,19,20,23). The van der Waals surface area contributed by atoms with Gasteiger partial charge in [0.1, 0.15) is 5.75 Å². The van der Waals surface area contributed by atoms with Gasteiger partial charge in [0, 0.05) is 37.8 Å². The number of carbonyl (C=O) groups excluding carboxylic acids is 2. The zero-order valence-corrected chi connectivity index (χ0v) is 14.7. The Morgan fingerprint density at radius 3 is 2.67 bits per heavy atom. The summed E-state index contributed by atoms with van der Waals surface area (Å²) in [5.41, 5.74) is 0.926. The summed E-state index contributed by atoms with van der Waals surface area (Å²) in [7, 11) is 3.09. The van der Waals surface area contributed by atoms with Crippen molar-refractivity contribution in [2.24, 2.45) is 0 Å². The van der Waals surface area contributed by atoms with E-state index in [1.165, 1.54) is 7.11 Å². The molecule has 1 aliphatic rings. The Morgan fingerprint density at radius 2 is 2.08 bits per heavy atom. The van der Waals surface area contributed by atoms with Crippen molar-refractivity contribution in [3.05, 3.63) is 23.8 Å². The second kappa shape index (κ2) is 8.01. The lowest BCUT2D eigenvalue weighted by Crippen LogP contribution is -2.40. The second-order valence-corrected chi connectivity index (χ2v) is 6.17. The van der Waals surface area contributed by atoms with E-state index in [4.69, 9.17) is 4.74 Å². The fraction of sp³-hybridized carbons (Fsp3) is 0.529. The fourth-order valence-electron chi connectivity index (χ4n) is 2.81. The molecule has 0 aromatic heterocycles. The molecule has 7 nitrogen and oxygen atoms in total. The van der Waals surface area contributed by atoms with E-state index >= 15 is 0 Å². The zero-order chi connectivity index (χ0) is 17.7. The van der Waals surface area contributed by atoms with Gasteiger partial charge < -0.3 is 20.7 Å². The van der Waals surface area contributed by atoms with Gasteiger partial charge in [-0.05, 0) is 38.5 Å². The molecule has 0 aliphatic carbocycles. The van der Waals surface area contributed by atoms with Crippen LogP contribution in [0.5, 0.6) is 5.75 Å². The number of nitrogens with one attached hydrogen (secondary N) is 3. The molecule has 2 rings (SSSR count). The highest BCUT2D eigenvalue weighted by Gasteiger charge is 2.25. The number of urea groups is 1. The van der Waals surface area contributed by atoms with Crippen LogP contribution < -0.4 is 20.7 Å². The summed E-state index contributed by atoms with van der Waals surface area (Å²) >= 11 is 0. The van der Waals surface area contributed by atoms with Crippen molar-refractivity contribution >= 4 is 17.6 Å². The largest absolute Gasteiger partial charge is 0.495 e. The van der Waals surface area contributed by atoms with Gasteiger partial charge >= 0.3 is 6.03 Å². The third-order valence-electron chi connectivity index (χ3n) is 4.22. The Bertz CT molecular complexity index is 603. The van der Waals surface area contributed by atoms with Crippen molar-refractivity contribution < 1.29 is 14.3 Å². The van der Waals surface area contributed by atoms with Crippen LogP contribution in [0.15, 0.2) is 18.2 Å². The van der Waals surface area contributed by atoms with E-state index < -0.39 is 0 Å². The number of rotatable bonds is 5. The predicted octanol–water partition coefficient (Wildman–Crippen LogP) is 1.66. The van der Waals surface area contributed by atoms with Crippen LogP contribution in [0, 0.1) is 0 Å². The Labute approximate surface area is 142 Å². The number of likely N-dealkylation sites (tertiary alicyclic amines) is 1. The molecule has 3 amide bonds. The Kier molecular flexibility index (Phi) is 6.03. The van der Waals surface area contributed by atoms with Gasteiger partial charge in [-0.25, -0.2) is 4.79 Å². The first-order chi connectivity index (χ1) is 11.4. The third-order valence-corrected chi connectivity index (χ3v) is 4.22. The van der Waals surface area contributed by atoms with Crippen LogP contribution in [-0.2, 0) is 0 Å². The lowest BCUT2D eigenvalue weighted by molar-refractivity contribution is 0.0963. The first-order valence-electron chi connectivity index (χ1n) is 8.16. The van der Waals surface area contributed by atoms with E-state index in [0.29, 0.717) is 23.0 Å². The van der Waals surface area contributed by atoms with Crippen LogP contribution in [0.1, 0.15) is 30.6 Å². The molecule has 7 heteroatoms. The minimum atomic E-state index is -0.294. The van der Waals surface area contributed by atoms with Gasteiger partial charge in [-0.1, -0.05) is 0 Å². The molecule has 132 valence electrons. The van der Waals surface area contributed by atoms with Gasteiger partial charge in [0.15, 0.2) is 0 Å². The molecule has 0 radical (unpaired) electrons. The summed E-state index contributed by atoms with van der Waals surface area (Å²) in [6, 6.07) is 5.23. The van der Waals surface area contributed by atoms with Crippen molar-refractivity contribution in [1.82, 2.24) is 15.5 Å². The maximum atomic E-state index is 12.3. The molecule has 1 saturated heterocycles. The molecule has 1 aliphatic heterocycles. The van der Waals surface area contributed by atoms with Crippen LogP contribution in [0.25, 0.3) is 0 Å². The summed E-state index contributed by atoms with van der Waals surface area (Å²) in [6.07, 6.45) is 0.932. The molecular formula is C17H26N4O3. The maximum absolute atomic E-state index is 12.3. The van der Waals surface area contributed by atoms with Gasteiger partial charge in [0.25, 0.3) is 5.91 Å². The van der Waals surface area contributed by atoms with Gasteiger partial charge in [-0.2, -0.15) is 0 Å². The zero-order valence-electron chi connectivity index (χ0n) is 14.7. The lowest BCUT2D eigenvalue weighted by Gasteiger charge is -2.20. The molecule has 0 bridgehead atoms. The number of amides is 3. The van der Waals surface area contributed by atoms with Crippen molar-refractivity contribution in [2.45, 2.75) is 32.4 Å². The van der Waals surface area contributed by atoms with Crippen LogP contribution in [0.4, 0.5) is 10.5 Å². The Balaban J connectivity index is 2.01. The number of anilines is 1. The summed E-state index contributed by atoms with van der Waals surface area (Å²) in [6.45, 7) is 6.13. The topological polar surface area (TPSA) is 82.7 Å². The van der Waals surface area contributed by atoms with Gasteiger partial charge in [-0.15, -0.1) is 0 Å². The second-order valence-electron chi connectivity index (χ2n) is 6.17. The maximum Gasteiger partial charge on any atom is 0.319 e. The smallest absolute Gasteiger partial charge is 0.319 e. The minimum absolute atomic E-state index is 0.125. The molecule has 1 atom stereocenters. The molecule has 24 heavy (non-hydrogen) atoms. The number of ether oxygens (including phenoxy) is 1. The lowest BCUT2D eigenvalue weighted by atomic mass is 10.1. The number of hydrogen-bond donors (Lipinski definition) is 3. The highest BCUT2D eigenvalue weighted by Crippen LogP contribution is 2.25. The number of nitrogens with zero attached hydrogens (tertiary/aromatic N) is 1. The summed E-state index contributed by atoms with van der Waals surface area (Å²) in [5.74, 6) is 0.289. The van der Waals surface area contributed by atoms with Crippen molar-refractivity contribution in [1.29, 1.82) is 0 Å². The van der Waals surface area contributed by atoms with Gasteiger partial charge in [0.05, 0.1) is 12.8 Å². The molecule has 1 aromatic rings. The molecule has 1 unspecified atom stereocenters. The van der Waals surface area contributed by atoms with Gasteiger partial charge in [0.2, 0.25) is 0 Å². The highest BCUT2D eigenvalue weighted by molar-refractivity contribution is 5.97. The van der Waals surface area contributed by atoms with Crippen molar-refractivity contribution in [2.75, 3.05) is 32.6 Å². The summed E-state index contributed by atoms with van der Waals surface area (Å²) < 4.78 is 5.25. The normalized spacial score (nSPS) is 17.6. The van der Waals surface area contributed by atoms with Crippen LogP contribution in [0.2, 0.25) is 0 Å². The monoisotopic (exact) mass is 334 g/mol. The first kappa shape index (κ1) is 18.1. The van der Waals surface area contributed by atoms with E-state index in [1.54, 1.807) is 25.2 Å². The van der Waals surface area contributed by atoms with E-state index in [9.17, 15) is 9.59 Å².